The molecule has 2 fully saturated rings. The molecule has 0 radical (unpaired) electrons. The SMILES string of the molecule is C=C(/C=C\C=C(/C)C(C)=N)NC(=O)c1cc2c(cc1OC)CCN(CC(N)=O)C2.CC.CCCCC(C)=N.COc1cc2c(cc1C(=O)Nc1cccc(C(=N)N3CCCC3=N)n1)CN(C1CC1)CC2. The zero-order valence-corrected chi connectivity index (χ0v) is 42.6. The van der Waals surface area contributed by atoms with E-state index in [0.717, 1.165) is 67.7 Å². The summed E-state index contributed by atoms with van der Waals surface area (Å²) in [7, 11) is 3.12. The Morgan fingerprint density at radius 2 is 1.50 bits per heavy atom. The number of allylic oxidation sites excluding steroid dienone is 4. The topological polar surface area (TPSA) is 238 Å². The number of rotatable bonds is 16. The van der Waals surface area contributed by atoms with Crippen molar-refractivity contribution in [2.24, 2.45) is 5.73 Å². The molecule has 376 valence electrons. The van der Waals surface area contributed by atoms with E-state index in [4.69, 9.17) is 36.8 Å². The lowest BCUT2D eigenvalue weighted by Crippen LogP contribution is -2.37. The number of methoxy groups -OCH3 is 2. The van der Waals surface area contributed by atoms with Crippen LogP contribution in [-0.2, 0) is 30.7 Å². The highest BCUT2D eigenvalue weighted by Crippen LogP contribution is 2.34. The zero-order valence-electron chi connectivity index (χ0n) is 42.6. The normalized spacial score (nSPS) is 15.3. The number of anilines is 1. The number of ether oxygens (including phenoxy) is 2. The van der Waals surface area contributed by atoms with Crippen LogP contribution in [-0.4, -0.2) is 107 Å². The minimum absolute atomic E-state index is 0.190. The first kappa shape index (κ1) is 55.8. The van der Waals surface area contributed by atoms with Crippen LogP contribution in [0.2, 0.25) is 0 Å². The zero-order chi connectivity index (χ0) is 51.5. The second kappa shape index (κ2) is 27.4. The van der Waals surface area contributed by atoms with Crippen LogP contribution in [0.4, 0.5) is 5.82 Å². The van der Waals surface area contributed by atoms with Crippen molar-refractivity contribution in [2.75, 3.05) is 45.7 Å². The maximum atomic E-state index is 13.2. The predicted octanol–water partition coefficient (Wildman–Crippen LogP) is 8.83. The van der Waals surface area contributed by atoms with Crippen molar-refractivity contribution in [1.29, 1.82) is 21.6 Å². The molecule has 8 N–H and O–H groups in total. The average molecular weight is 958 g/mol. The van der Waals surface area contributed by atoms with Crippen molar-refractivity contribution in [2.45, 2.75) is 118 Å². The Hall–Kier alpha value is -6.78. The van der Waals surface area contributed by atoms with Crippen molar-refractivity contribution in [3.63, 3.8) is 0 Å². The molecular weight excluding hydrogens is 883 g/mol. The molecule has 1 saturated carbocycles. The van der Waals surface area contributed by atoms with Gasteiger partial charge in [-0.05, 0) is 136 Å². The number of benzene rings is 2. The van der Waals surface area contributed by atoms with Crippen molar-refractivity contribution in [1.82, 2.24) is 25.0 Å². The van der Waals surface area contributed by atoms with Crippen LogP contribution in [0.5, 0.6) is 11.5 Å². The summed E-state index contributed by atoms with van der Waals surface area (Å²) in [6.45, 7) is 19.5. The molecule has 3 aromatic rings. The third-order valence-electron chi connectivity index (χ3n) is 12.1. The van der Waals surface area contributed by atoms with E-state index < -0.39 is 0 Å². The van der Waals surface area contributed by atoms with E-state index in [-0.39, 0.29) is 30.1 Å². The Morgan fingerprint density at radius 3 is 2.04 bits per heavy atom. The minimum atomic E-state index is -0.370. The Bertz CT molecular complexity index is 2470. The number of amides is 3. The number of pyridine rings is 1. The number of hydrogen-bond donors (Lipinski definition) is 7. The number of carbonyl (C=O) groups excluding carboxylic acids is 3. The van der Waals surface area contributed by atoms with Crippen LogP contribution in [0.15, 0.2) is 78.5 Å². The van der Waals surface area contributed by atoms with E-state index in [1.54, 1.807) is 61.4 Å². The summed E-state index contributed by atoms with van der Waals surface area (Å²) in [4.78, 5) is 47.7. The summed E-state index contributed by atoms with van der Waals surface area (Å²) in [5.74, 6) is 1.09. The fourth-order valence-electron chi connectivity index (χ4n) is 8.06. The van der Waals surface area contributed by atoms with E-state index >= 15 is 0 Å². The van der Waals surface area contributed by atoms with Gasteiger partial charge in [0.05, 0.1) is 31.9 Å². The first-order valence-electron chi connectivity index (χ1n) is 24.3. The molecule has 0 unspecified atom stereocenters. The Balaban J connectivity index is 0.000000261. The molecule has 16 nitrogen and oxygen atoms in total. The van der Waals surface area contributed by atoms with Crippen molar-refractivity contribution in [3.8, 4) is 11.5 Å². The molecule has 4 aliphatic rings. The molecule has 3 aliphatic heterocycles. The van der Waals surface area contributed by atoms with Crippen LogP contribution in [0.3, 0.4) is 0 Å². The molecule has 16 heteroatoms. The fraction of sp³-hybridized carbons (Fsp3) is 0.444. The molecule has 4 heterocycles. The minimum Gasteiger partial charge on any atom is -0.496 e. The summed E-state index contributed by atoms with van der Waals surface area (Å²) in [6.07, 6.45) is 14.4. The van der Waals surface area contributed by atoms with E-state index in [9.17, 15) is 14.4 Å². The summed E-state index contributed by atoms with van der Waals surface area (Å²) in [5, 5.41) is 36.6. The van der Waals surface area contributed by atoms with Crippen LogP contribution < -0.4 is 25.8 Å². The average Bonchev–Trinajstić information content (AvgIpc) is 4.11. The molecule has 1 aromatic heterocycles. The maximum Gasteiger partial charge on any atom is 0.260 e. The quantitative estimate of drug-likeness (QED) is 0.0412. The Kier molecular flexibility index (Phi) is 21.9. The van der Waals surface area contributed by atoms with Gasteiger partial charge in [0.1, 0.15) is 28.8 Å². The van der Waals surface area contributed by atoms with Crippen LogP contribution >= 0.6 is 0 Å². The van der Waals surface area contributed by atoms with Crippen molar-refractivity contribution in [3.05, 3.63) is 118 Å². The standard InChI is InChI=1S/C24H28N6O2.C22H28N4O3.C6H13N.C2H6/c1-32-20-13-15-9-11-29(17-7-8-17)14-16(15)12-18(20)24(31)28-22-6-2-4-19(27-22)23(26)30-10-3-5-21(30)25;1-14(16(3)23)6-5-7-15(2)25-22(28)19-10-18-12-26(13-21(24)27)9-8-17(18)11-20(19)29-4;1-3-4-5-6(2)7;1-2/h2,4,6,12-13,17,25-26H,3,5,7-11,14H2,1H3,(H,27,28,31);5-7,10-11,23H,2,8-9,12-13H2,1,3-4H3,(H2,24,27)(H,25,28);7H,3-5H2,1-2H3;1-2H3/b;7-5-,14-6+,23-16?;;. The van der Waals surface area contributed by atoms with E-state index in [2.05, 4.69) is 34.0 Å². The molecule has 2 aromatic carbocycles. The molecule has 0 spiro atoms. The van der Waals surface area contributed by atoms with Gasteiger partial charge in [-0.15, -0.1) is 0 Å². The van der Waals surface area contributed by atoms with E-state index in [1.807, 2.05) is 50.8 Å². The second-order valence-electron chi connectivity index (χ2n) is 17.6. The maximum absolute atomic E-state index is 13.2. The molecule has 70 heavy (non-hydrogen) atoms. The van der Waals surface area contributed by atoms with Gasteiger partial charge in [-0.25, -0.2) is 4.98 Å². The summed E-state index contributed by atoms with van der Waals surface area (Å²) in [6, 6.07) is 13.5. The largest absolute Gasteiger partial charge is 0.496 e. The van der Waals surface area contributed by atoms with Gasteiger partial charge in [-0.3, -0.25) is 35.0 Å². The molecular formula is C54H75N11O5. The highest BCUT2D eigenvalue weighted by Gasteiger charge is 2.32. The number of hydrogen-bond acceptors (Lipinski definition) is 12. The highest BCUT2D eigenvalue weighted by molar-refractivity contribution is 6.08. The number of nitrogens with one attached hydrogen (secondary N) is 6. The van der Waals surface area contributed by atoms with Crippen LogP contribution in [0.1, 0.15) is 135 Å². The number of amidine groups is 2. The van der Waals surface area contributed by atoms with Gasteiger partial charge in [-0.2, -0.15) is 0 Å². The highest BCUT2D eigenvalue weighted by atomic mass is 16.5. The first-order valence-corrected chi connectivity index (χ1v) is 24.3. The first-order chi connectivity index (χ1) is 33.5. The van der Waals surface area contributed by atoms with E-state index in [1.165, 1.54) is 43.9 Å². The van der Waals surface area contributed by atoms with Crippen LogP contribution in [0, 0.1) is 21.6 Å². The monoisotopic (exact) mass is 958 g/mol. The number of fused-ring (bicyclic) bond motifs is 2. The lowest BCUT2D eigenvalue weighted by molar-refractivity contribution is -0.119. The summed E-state index contributed by atoms with van der Waals surface area (Å²) >= 11 is 0. The van der Waals surface area contributed by atoms with Gasteiger partial charge in [0, 0.05) is 62.3 Å². The van der Waals surface area contributed by atoms with Gasteiger partial charge in [-0.1, -0.05) is 52.0 Å². The van der Waals surface area contributed by atoms with Crippen molar-refractivity contribution < 1.29 is 23.9 Å². The number of unbranched alkanes of at least 4 members (excludes halogenated alkanes) is 1. The number of likely N-dealkylation sites (tertiary alicyclic amines) is 1. The van der Waals surface area contributed by atoms with Gasteiger partial charge in [0.15, 0.2) is 5.84 Å². The van der Waals surface area contributed by atoms with Crippen LogP contribution in [0.25, 0.3) is 0 Å². The van der Waals surface area contributed by atoms with E-state index in [0.29, 0.717) is 76.9 Å². The van der Waals surface area contributed by atoms with Crippen molar-refractivity contribution >= 4 is 46.6 Å². The smallest absolute Gasteiger partial charge is 0.260 e. The molecule has 1 saturated heterocycles. The lowest BCUT2D eigenvalue weighted by atomic mass is 9.96. The predicted molar refractivity (Wildman–Crippen MR) is 281 cm³/mol. The van der Waals surface area contributed by atoms with Gasteiger partial charge < -0.3 is 41.6 Å². The molecule has 7 rings (SSSR count). The third-order valence-corrected chi connectivity index (χ3v) is 12.1. The second-order valence-corrected chi connectivity index (χ2v) is 17.6. The van der Waals surface area contributed by atoms with Gasteiger partial charge in [0.2, 0.25) is 5.91 Å². The molecule has 1 aliphatic carbocycles. The van der Waals surface area contributed by atoms with Gasteiger partial charge in [0.25, 0.3) is 11.8 Å². The number of nitrogens with zero attached hydrogens (tertiary/aromatic N) is 4. The number of carbonyl (C=O) groups is 3. The Labute approximate surface area is 414 Å². The van der Waals surface area contributed by atoms with Gasteiger partial charge >= 0.3 is 0 Å². The summed E-state index contributed by atoms with van der Waals surface area (Å²) < 4.78 is 11.0. The number of aromatic nitrogens is 1. The number of primary amides is 1. The fourth-order valence-corrected chi connectivity index (χ4v) is 8.06. The molecule has 0 atom stereocenters. The summed E-state index contributed by atoms with van der Waals surface area (Å²) in [5.41, 5.74) is 13.7. The molecule has 0 bridgehead atoms. The number of nitrogens with two attached hydrogens (primary N) is 1. The lowest BCUT2D eigenvalue weighted by Gasteiger charge is -2.29. The third kappa shape index (κ3) is 16.4. The molecule has 3 amide bonds. The Morgan fingerprint density at radius 1 is 0.871 bits per heavy atom.